The lowest BCUT2D eigenvalue weighted by Crippen LogP contribution is -2.50. The number of methoxy groups -OCH3 is 1. The van der Waals surface area contributed by atoms with Gasteiger partial charge in [0.05, 0.1) is 12.6 Å². The summed E-state index contributed by atoms with van der Waals surface area (Å²) in [4.78, 5) is 18.2. The van der Waals surface area contributed by atoms with Gasteiger partial charge in [0.25, 0.3) is 8.32 Å². The molecule has 0 bridgehead atoms. The van der Waals surface area contributed by atoms with Gasteiger partial charge in [0.1, 0.15) is 5.75 Å². The first kappa shape index (κ1) is 30.0. The maximum absolute atomic E-state index is 13.6. The summed E-state index contributed by atoms with van der Waals surface area (Å²) >= 11 is 3.59. The van der Waals surface area contributed by atoms with E-state index in [0.717, 1.165) is 44.2 Å². The van der Waals surface area contributed by atoms with Gasteiger partial charge in [-0.25, -0.2) is 4.98 Å². The zero-order chi connectivity index (χ0) is 29.2. The maximum Gasteiger partial charge on any atom is 0.258 e. The Balaban J connectivity index is 1.83. The summed E-state index contributed by atoms with van der Waals surface area (Å²) in [6.07, 6.45) is 0.847. The topological polar surface area (TPSA) is 48.4 Å². The Hall–Kier alpha value is -2.96. The van der Waals surface area contributed by atoms with Gasteiger partial charge >= 0.3 is 0 Å². The fourth-order valence-electron chi connectivity index (χ4n) is 6.12. The first-order valence-electron chi connectivity index (χ1n) is 14.1. The van der Waals surface area contributed by atoms with Crippen molar-refractivity contribution in [1.29, 1.82) is 0 Å². The summed E-state index contributed by atoms with van der Waals surface area (Å²) in [5.41, 5.74) is 6.56. The normalized spacial score (nSPS) is 12.0. The van der Waals surface area contributed by atoms with Crippen molar-refractivity contribution in [3.63, 3.8) is 0 Å². The van der Waals surface area contributed by atoms with E-state index in [4.69, 9.17) is 9.16 Å². The molecule has 0 N–H and O–H groups in total. The molecule has 0 unspecified atom stereocenters. The van der Waals surface area contributed by atoms with Crippen LogP contribution in [0.15, 0.2) is 71.2 Å². The summed E-state index contributed by atoms with van der Waals surface area (Å²) in [5, 5.41) is 0.900. The van der Waals surface area contributed by atoms with Gasteiger partial charge in [-0.2, -0.15) is 0 Å². The van der Waals surface area contributed by atoms with E-state index in [1.807, 2.05) is 48.5 Å². The third-order valence-corrected chi connectivity index (χ3v) is 14.9. The number of benzene rings is 3. The van der Waals surface area contributed by atoms with Gasteiger partial charge in [-0.1, -0.05) is 76.5 Å². The Morgan fingerprint density at radius 2 is 1.52 bits per heavy atom. The fourth-order valence-corrected chi connectivity index (χ4v) is 11.9. The maximum atomic E-state index is 13.6. The molecular formula is C34H40BrNO3Si. The number of carbonyl (C=O) groups is 1. The number of aryl methyl sites for hydroxylation is 1. The number of ketones is 1. The molecule has 0 saturated heterocycles. The summed E-state index contributed by atoms with van der Waals surface area (Å²) < 4.78 is 13.6. The number of nitrogens with zero attached hydrogens (tertiary/aromatic N) is 1. The fraction of sp³-hybridized carbons (Fsp3) is 0.353. The van der Waals surface area contributed by atoms with Crippen molar-refractivity contribution in [3.05, 3.63) is 87.9 Å². The molecule has 3 aromatic carbocycles. The van der Waals surface area contributed by atoms with E-state index in [-0.39, 0.29) is 5.78 Å². The lowest BCUT2D eigenvalue weighted by Gasteiger charge is -2.42. The van der Waals surface area contributed by atoms with Crippen molar-refractivity contribution in [2.24, 2.45) is 0 Å². The quantitative estimate of drug-likeness (QED) is 0.131. The predicted octanol–water partition coefficient (Wildman–Crippen LogP) is 10.0. The molecule has 0 spiro atoms. The van der Waals surface area contributed by atoms with Crippen molar-refractivity contribution in [1.82, 2.24) is 4.98 Å². The van der Waals surface area contributed by atoms with E-state index in [1.54, 1.807) is 7.11 Å². The second kappa shape index (κ2) is 12.3. The average Bonchev–Trinajstić information content (AvgIpc) is 2.94. The molecule has 0 aliphatic heterocycles. The molecule has 6 heteroatoms. The van der Waals surface area contributed by atoms with Crippen molar-refractivity contribution in [3.8, 4) is 22.8 Å². The van der Waals surface area contributed by atoms with Crippen LogP contribution in [0.5, 0.6) is 11.6 Å². The van der Waals surface area contributed by atoms with Crippen molar-refractivity contribution in [2.75, 3.05) is 7.11 Å². The highest BCUT2D eigenvalue weighted by Crippen LogP contribution is 2.43. The van der Waals surface area contributed by atoms with E-state index in [1.165, 1.54) is 0 Å². The van der Waals surface area contributed by atoms with E-state index in [0.29, 0.717) is 33.6 Å². The molecule has 0 fully saturated rings. The van der Waals surface area contributed by atoms with E-state index < -0.39 is 8.32 Å². The Kier molecular flexibility index (Phi) is 9.21. The highest BCUT2D eigenvalue weighted by atomic mass is 79.9. The van der Waals surface area contributed by atoms with Gasteiger partial charge in [0.15, 0.2) is 5.78 Å². The van der Waals surface area contributed by atoms with Crippen molar-refractivity contribution in [2.45, 2.75) is 71.5 Å². The SMILES string of the molecule is CCc1cc(C(=O)c2ccc3nc(OC)cc(-c4cccc(O[Si](C(C)C)(C(C)C)C(C)C)c4)c3c2)ccc1Br. The number of hydrogen-bond acceptors (Lipinski definition) is 4. The van der Waals surface area contributed by atoms with Crippen LogP contribution < -0.4 is 9.16 Å². The van der Waals surface area contributed by atoms with Gasteiger partial charge < -0.3 is 9.16 Å². The number of hydrogen-bond donors (Lipinski definition) is 0. The van der Waals surface area contributed by atoms with E-state index >= 15 is 0 Å². The van der Waals surface area contributed by atoms with Gasteiger partial charge in [-0.15, -0.1) is 0 Å². The molecule has 210 valence electrons. The van der Waals surface area contributed by atoms with Gasteiger partial charge in [0, 0.05) is 27.1 Å². The van der Waals surface area contributed by atoms with Crippen LogP contribution in [0.3, 0.4) is 0 Å². The Bertz CT molecular complexity index is 1510. The zero-order valence-electron chi connectivity index (χ0n) is 24.8. The van der Waals surface area contributed by atoms with Crippen LogP contribution in [0, 0.1) is 0 Å². The van der Waals surface area contributed by atoms with Crippen LogP contribution in [0.2, 0.25) is 16.6 Å². The Morgan fingerprint density at radius 1 is 0.875 bits per heavy atom. The second-order valence-electron chi connectivity index (χ2n) is 11.4. The highest BCUT2D eigenvalue weighted by molar-refractivity contribution is 9.10. The van der Waals surface area contributed by atoms with Crippen molar-refractivity contribution < 1.29 is 14.0 Å². The summed E-state index contributed by atoms with van der Waals surface area (Å²) in [5.74, 6) is 1.41. The molecule has 4 aromatic rings. The predicted molar refractivity (Wildman–Crippen MR) is 172 cm³/mol. The molecule has 0 saturated carbocycles. The summed E-state index contributed by atoms with van der Waals surface area (Å²) in [6, 6.07) is 21.8. The number of pyridine rings is 1. The largest absolute Gasteiger partial charge is 0.543 e. The Morgan fingerprint density at radius 3 is 2.15 bits per heavy atom. The lowest BCUT2D eigenvalue weighted by atomic mass is 9.96. The van der Waals surface area contributed by atoms with Crippen LogP contribution in [0.4, 0.5) is 0 Å². The van der Waals surface area contributed by atoms with Gasteiger partial charge in [-0.3, -0.25) is 4.79 Å². The minimum Gasteiger partial charge on any atom is -0.543 e. The van der Waals surface area contributed by atoms with Crippen LogP contribution in [-0.4, -0.2) is 26.2 Å². The average molecular weight is 619 g/mol. The van der Waals surface area contributed by atoms with E-state index in [2.05, 4.69) is 87.6 Å². The zero-order valence-corrected chi connectivity index (χ0v) is 27.4. The molecule has 0 amide bonds. The minimum atomic E-state index is -2.12. The van der Waals surface area contributed by atoms with Crippen LogP contribution in [0.25, 0.3) is 22.0 Å². The number of halogens is 1. The molecule has 0 radical (unpaired) electrons. The number of ether oxygens (including phenoxy) is 1. The van der Waals surface area contributed by atoms with Crippen LogP contribution in [0.1, 0.15) is 70.0 Å². The smallest absolute Gasteiger partial charge is 0.258 e. The second-order valence-corrected chi connectivity index (χ2v) is 17.6. The monoisotopic (exact) mass is 617 g/mol. The lowest BCUT2D eigenvalue weighted by molar-refractivity contribution is 0.103. The number of carbonyl (C=O) groups excluding carboxylic acids is 1. The van der Waals surface area contributed by atoms with Gasteiger partial charge in [0.2, 0.25) is 5.88 Å². The van der Waals surface area contributed by atoms with E-state index in [9.17, 15) is 4.79 Å². The Labute approximate surface area is 248 Å². The molecule has 0 atom stereocenters. The molecule has 4 nitrogen and oxygen atoms in total. The highest BCUT2D eigenvalue weighted by Gasteiger charge is 2.47. The molecule has 4 rings (SSSR count). The molecule has 1 heterocycles. The minimum absolute atomic E-state index is 0.00969. The first-order valence-corrected chi connectivity index (χ1v) is 17.1. The molecule has 0 aliphatic carbocycles. The molecule has 0 aliphatic rings. The molecule has 1 aromatic heterocycles. The standard InChI is InChI=1S/C34H40BrNO3Si/c1-9-24-17-26(13-15-31(24)35)34(37)27-14-16-32-30(19-27)29(20-33(36-32)38-8)25-11-10-12-28(18-25)39-40(21(2)3,22(4)5)23(6)7/h10-23H,9H2,1-8H3. The number of fused-ring (bicyclic) bond motifs is 1. The van der Waals surface area contributed by atoms with Gasteiger partial charge in [-0.05, 0) is 88.3 Å². The molecule has 40 heavy (non-hydrogen) atoms. The third kappa shape index (κ3) is 5.75. The third-order valence-electron chi connectivity index (χ3n) is 8.09. The van der Waals surface area contributed by atoms with Crippen LogP contribution >= 0.6 is 15.9 Å². The van der Waals surface area contributed by atoms with Crippen molar-refractivity contribution >= 4 is 40.9 Å². The summed E-state index contributed by atoms with van der Waals surface area (Å²) in [7, 11) is -0.495. The molecular weight excluding hydrogens is 578 g/mol. The first-order chi connectivity index (χ1) is 19.0. The van der Waals surface area contributed by atoms with Crippen LogP contribution in [-0.2, 0) is 6.42 Å². The number of aromatic nitrogens is 1. The summed E-state index contributed by atoms with van der Waals surface area (Å²) in [6.45, 7) is 15.9. The number of rotatable bonds is 10.